The molecule has 3 aliphatic heterocycles. The molecule has 0 spiro atoms. The van der Waals surface area contributed by atoms with Crippen molar-refractivity contribution in [2.75, 3.05) is 55.5 Å². The number of methoxy groups -OCH3 is 1. The average Bonchev–Trinajstić information content (AvgIpc) is 3.51. The number of benzene rings is 1. The molecule has 7 rings (SSSR count). The second-order valence-corrected chi connectivity index (χ2v) is 14.1. The second kappa shape index (κ2) is 14.7. The Morgan fingerprint density at radius 3 is 2.50 bits per heavy atom. The van der Waals surface area contributed by atoms with Crippen LogP contribution in [0.4, 0.5) is 23.4 Å². The van der Waals surface area contributed by atoms with Crippen LogP contribution in [-0.4, -0.2) is 93.9 Å². The number of rotatable bonds is 10. The molecule has 0 saturated carbocycles. The average molecular weight is 681 g/mol. The van der Waals surface area contributed by atoms with E-state index in [1.54, 1.807) is 13.3 Å². The highest BCUT2D eigenvalue weighted by atomic mass is 16.5. The number of pyridine rings is 1. The van der Waals surface area contributed by atoms with Gasteiger partial charge in [0.15, 0.2) is 5.82 Å². The third-order valence-corrected chi connectivity index (χ3v) is 10.4. The monoisotopic (exact) mass is 680 g/mol. The topological polar surface area (TPSA) is 134 Å². The number of hydrogen-bond acceptors (Lipinski definition) is 11. The first kappa shape index (κ1) is 33.9. The van der Waals surface area contributed by atoms with Crippen LogP contribution >= 0.6 is 0 Å². The predicted molar refractivity (Wildman–Crippen MR) is 194 cm³/mol. The van der Waals surface area contributed by atoms with Gasteiger partial charge in [-0.05, 0) is 70.2 Å². The Labute approximate surface area is 293 Å². The molecule has 2 N–H and O–H groups in total. The zero-order chi connectivity index (χ0) is 34.8. The van der Waals surface area contributed by atoms with Crippen LogP contribution in [0.5, 0.6) is 0 Å². The van der Waals surface area contributed by atoms with Gasteiger partial charge in [-0.25, -0.2) is 9.97 Å². The molecule has 0 bridgehead atoms. The summed E-state index contributed by atoms with van der Waals surface area (Å²) in [6, 6.07) is 12.8. The fourth-order valence-corrected chi connectivity index (χ4v) is 7.56. The summed E-state index contributed by atoms with van der Waals surface area (Å²) in [7, 11) is 3.96. The van der Waals surface area contributed by atoms with Gasteiger partial charge in [0.25, 0.3) is 0 Å². The number of aromatic nitrogens is 5. The molecule has 4 aromatic rings. The van der Waals surface area contributed by atoms with Crippen molar-refractivity contribution in [3.8, 4) is 0 Å². The Morgan fingerprint density at radius 1 is 0.980 bits per heavy atom. The fourth-order valence-electron chi connectivity index (χ4n) is 7.56. The highest BCUT2D eigenvalue weighted by Gasteiger charge is 2.29. The minimum atomic E-state index is -0.266. The maximum absolute atomic E-state index is 12.5. The summed E-state index contributed by atoms with van der Waals surface area (Å²) in [5.41, 5.74) is 3.20. The Bertz CT molecular complexity index is 1830. The number of fused-ring (bicyclic) bond motifs is 1. The molecule has 3 aliphatic rings. The summed E-state index contributed by atoms with van der Waals surface area (Å²) in [5.74, 6) is 2.49. The van der Waals surface area contributed by atoms with E-state index in [1.165, 1.54) is 5.56 Å². The van der Waals surface area contributed by atoms with E-state index >= 15 is 0 Å². The minimum Gasteiger partial charge on any atom is -0.381 e. The van der Waals surface area contributed by atoms with Gasteiger partial charge in [-0.1, -0.05) is 24.3 Å². The van der Waals surface area contributed by atoms with Crippen LogP contribution in [0.3, 0.4) is 0 Å². The number of piperidine rings is 3. The number of nitrogens with one attached hydrogen (secondary N) is 2. The first-order valence-corrected chi connectivity index (χ1v) is 17.9. The molecule has 2 amide bonds. The van der Waals surface area contributed by atoms with E-state index in [1.807, 2.05) is 24.4 Å². The minimum absolute atomic E-state index is 0.182. The first-order chi connectivity index (χ1) is 24.2. The molecule has 3 saturated heterocycles. The molecule has 0 aliphatic carbocycles. The molecule has 13 heteroatoms. The van der Waals surface area contributed by atoms with Gasteiger partial charge in [-0.3, -0.25) is 24.5 Å². The summed E-state index contributed by atoms with van der Waals surface area (Å²) in [5, 5.41) is 12.1. The zero-order valence-electron chi connectivity index (χ0n) is 29.5. The third kappa shape index (κ3) is 7.29. The molecular weight excluding hydrogens is 632 g/mol. The lowest BCUT2D eigenvalue weighted by Gasteiger charge is -2.37. The number of ether oxygens (including phenoxy) is 1. The number of carbonyl (C=O) groups excluding carboxylic acids is 2. The normalized spacial score (nSPS) is 19.5. The molecule has 6 heterocycles. The van der Waals surface area contributed by atoms with Crippen LogP contribution in [0.1, 0.15) is 75.5 Å². The van der Waals surface area contributed by atoms with E-state index in [4.69, 9.17) is 19.8 Å². The van der Waals surface area contributed by atoms with Crippen LogP contribution in [0.2, 0.25) is 0 Å². The van der Waals surface area contributed by atoms with E-state index in [9.17, 15) is 9.59 Å². The molecule has 13 nitrogen and oxygen atoms in total. The van der Waals surface area contributed by atoms with Gasteiger partial charge >= 0.3 is 0 Å². The van der Waals surface area contributed by atoms with Gasteiger partial charge in [0.1, 0.15) is 11.6 Å². The van der Waals surface area contributed by atoms with Gasteiger partial charge < -0.3 is 19.9 Å². The molecule has 1 aromatic carbocycles. The van der Waals surface area contributed by atoms with Crippen LogP contribution < -0.4 is 20.4 Å². The zero-order valence-corrected chi connectivity index (χ0v) is 29.5. The quantitative estimate of drug-likeness (QED) is 0.224. The largest absolute Gasteiger partial charge is 0.381 e. The van der Waals surface area contributed by atoms with Crippen molar-refractivity contribution in [3.63, 3.8) is 0 Å². The first-order valence-electron chi connectivity index (χ1n) is 17.9. The number of amides is 2. The van der Waals surface area contributed by atoms with Crippen molar-refractivity contribution in [1.82, 2.24) is 34.9 Å². The van der Waals surface area contributed by atoms with Crippen molar-refractivity contribution in [2.45, 2.75) is 83.0 Å². The number of nitrogens with zero attached hydrogens (tertiary/aromatic N) is 8. The van der Waals surface area contributed by atoms with E-state index in [0.29, 0.717) is 30.8 Å². The Hall–Kier alpha value is -4.62. The smallest absolute Gasteiger partial charge is 0.234 e. The van der Waals surface area contributed by atoms with E-state index in [-0.39, 0.29) is 23.8 Å². The molecular formula is C37H48N10O3. The van der Waals surface area contributed by atoms with E-state index < -0.39 is 0 Å². The maximum atomic E-state index is 12.5. The molecule has 50 heavy (non-hydrogen) atoms. The number of anilines is 4. The standard InChI is InChI=1S/C37H48N10O3/c1-24(2)47-31-21-33(40-32-10-15-38-37(41-32)46-18-13-28(50-4)14-19-46)39-22-30(31)35(43-47)45-16-11-27(12-17-45)44(3)23-25-6-5-7-26(20-25)29-8-9-34(48)42-36(29)49/h5-7,10,15,20-22,24,27-29H,8-9,11-14,16-19,23H2,1-4H3,(H,42,48,49)(H,38,39,40,41). The molecule has 264 valence electrons. The third-order valence-electron chi connectivity index (χ3n) is 10.4. The van der Waals surface area contributed by atoms with Crippen molar-refractivity contribution < 1.29 is 14.3 Å². The summed E-state index contributed by atoms with van der Waals surface area (Å²) in [6.45, 7) is 8.66. The van der Waals surface area contributed by atoms with E-state index in [2.05, 4.69) is 74.1 Å². The Kier molecular flexibility index (Phi) is 9.95. The summed E-state index contributed by atoms with van der Waals surface area (Å²) in [4.78, 5) is 45.2. The lowest BCUT2D eigenvalue weighted by atomic mass is 9.89. The lowest BCUT2D eigenvalue weighted by molar-refractivity contribution is -0.134. The van der Waals surface area contributed by atoms with Crippen LogP contribution in [-0.2, 0) is 20.9 Å². The van der Waals surface area contributed by atoms with Crippen molar-refractivity contribution in [3.05, 3.63) is 59.9 Å². The van der Waals surface area contributed by atoms with Crippen LogP contribution in [0, 0.1) is 0 Å². The second-order valence-electron chi connectivity index (χ2n) is 14.1. The SMILES string of the molecule is COC1CCN(c2nccc(Nc3cc4c(cn3)c(N3CCC(N(C)Cc5cccc(C6CCC(=O)NC6=O)c5)CC3)nn4C(C)C)n2)CC1. The summed E-state index contributed by atoms with van der Waals surface area (Å²) >= 11 is 0. The van der Waals surface area contributed by atoms with Crippen molar-refractivity contribution in [2.24, 2.45) is 0 Å². The highest BCUT2D eigenvalue weighted by molar-refractivity contribution is 6.01. The summed E-state index contributed by atoms with van der Waals surface area (Å²) < 4.78 is 7.62. The molecule has 3 fully saturated rings. The predicted octanol–water partition coefficient (Wildman–Crippen LogP) is 4.78. The fraction of sp³-hybridized carbons (Fsp3) is 0.514. The maximum Gasteiger partial charge on any atom is 0.234 e. The van der Waals surface area contributed by atoms with Gasteiger partial charge in [-0.15, -0.1) is 0 Å². The van der Waals surface area contributed by atoms with Crippen LogP contribution in [0.15, 0.2) is 48.8 Å². The molecule has 1 unspecified atom stereocenters. The highest BCUT2D eigenvalue weighted by Crippen LogP contribution is 2.33. The number of imide groups is 1. The number of carbonyl (C=O) groups is 2. The van der Waals surface area contributed by atoms with Gasteiger partial charge in [0.05, 0.1) is 22.9 Å². The number of hydrogen-bond donors (Lipinski definition) is 2. The van der Waals surface area contributed by atoms with Crippen LogP contribution in [0.25, 0.3) is 10.9 Å². The van der Waals surface area contributed by atoms with Crippen molar-refractivity contribution >= 4 is 46.1 Å². The van der Waals surface area contributed by atoms with Crippen molar-refractivity contribution in [1.29, 1.82) is 0 Å². The Morgan fingerprint density at radius 2 is 1.76 bits per heavy atom. The molecule has 1 atom stereocenters. The summed E-state index contributed by atoms with van der Waals surface area (Å²) in [6.07, 6.45) is 8.95. The Balaban J connectivity index is 1.00. The van der Waals surface area contributed by atoms with Gasteiger partial charge in [0.2, 0.25) is 17.8 Å². The van der Waals surface area contributed by atoms with Gasteiger partial charge in [-0.2, -0.15) is 10.1 Å². The van der Waals surface area contributed by atoms with E-state index in [0.717, 1.165) is 92.5 Å². The molecule has 3 aromatic heterocycles. The molecule has 0 radical (unpaired) electrons. The van der Waals surface area contributed by atoms with Gasteiger partial charge in [0, 0.05) is 76.8 Å². The lowest BCUT2D eigenvalue weighted by Crippen LogP contribution is -2.43.